The maximum atomic E-state index is 11.9. The number of carbonyl (C=O) groups is 1. The number of amides is 1. The van der Waals surface area contributed by atoms with Gasteiger partial charge >= 0.3 is 0 Å². The van der Waals surface area contributed by atoms with E-state index in [0.29, 0.717) is 11.8 Å². The van der Waals surface area contributed by atoms with E-state index in [-0.39, 0.29) is 0 Å². The maximum absolute atomic E-state index is 11.9. The van der Waals surface area contributed by atoms with E-state index in [1.807, 2.05) is 0 Å². The first-order valence-electron chi connectivity index (χ1n) is 6.49. The van der Waals surface area contributed by atoms with E-state index in [0.717, 1.165) is 50.7 Å². The second kappa shape index (κ2) is 4.21. The first-order valence-corrected chi connectivity index (χ1v) is 6.49. The molecule has 0 aromatic heterocycles. The molecule has 3 aliphatic rings. The minimum Gasteiger partial charge on any atom is -0.352 e. The van der Waals surface area contributed by atoms with E-state index in [1.165, 1.54) is 12.0 Å². The van der Waals surface area contributed by atoms with Crippen LogP contribution in [-0.2, 0) is 4.79 Å². The third-order valence-electron chi connectivity index (χ3n) is 4.26. The standard InChI is InChI=1S/C13H20N2O/c16-13(12-6-10-5-11(10)7-12)15-8-9-1-3-14-4-2-9/h1,10-12,14H,2-8H2,(H,15,16). The normalized spacial score (nSPS) is 36.5. The minimum absolute atomic E-state index is 0.298. The van der Waals surface area contributed by atoms with Gasteiger partial charge in [0.05, 0.1) is 0 Å². The number of nitrogens with one attached hydrogen (secondary N) is 2. The number of rotatable bonds is 3. The van der Waals surface area contributed by atoms with Gasteiger partial charge in [-0.05, 0) is 44.1 Å². The molecule has 3 nitrogen and oxygen atoms in total. The van der Waals surface area contributed by atoms with Crippen LogP contribution in [0.15, 0.2) is 11.6 Å². The lowest BCUT2D eigenvalue weighted by Gasteiger charge is -2.16. The van der Waals surface area contributed by atoms with Gasteiger partial charge < -0.3 is 10.6 Å². The van der Waals surface area contributed by atoms with Gasteiger partial charge in [-0.2, -0.15) is 0 Å². The van der Waals surface area contributed by atoms with E-state index in [1.54, 1.807) is 0 Å². The molecular weight excluding hydrogens is 200 g/mol. The Labute approximate surface area is 96.7 Å². The summed E-state index contributed by atoms with van der Waals surface area (Å²) in [6, 6.07) is 0. The molecule has 3 heteroatoms. The number of fused-ring (bicyclic) bond motifs is 1. The maximum Gasteiger partial charge on any atom is 0.223 e. The fraction of sp³-hybridized carbons (Fsp3) is 0.769. The number of hydrogen-bond donors (Lipinski definition) is 2. The van der Waals surface area contributed by atoms with Crippen molar-refractivity contribution >= 4 is 5.91 Å². The largest absolute Gasteiger partial charge is 0.352 e. The zero-order chi connectivity index (χ0) is 11.0. The molecule has 2 N–H and O–H groups in total. The Morgan fingerprint density at radius 3 is 2.88 bits per heavy atom. The Kier molecular flexibility index (Phi) is 2.72. The third-order valence-corrected chi connectivity index (χ3v) is 4.26. The van der Waals surface area contributed by atoms with E-state index in [4.69, 9.17) is 0 Å². The second-order valence-corrected chi connectivity index (χ2v) is 5.46. The SMILES string of the molecule is O=C(NCC1=CCNCC1)C1CC2CC2C1. The first-order chi connectivity index (χ1) is 7.83. The fourth-order valence-electron chi connectivity index (χ4n) is 3.10. The van der Waals surface area contributed by atoms with Gasteiger partial charge in [0.15, 0.2) is 0 Å². The molecule has 2 unspecified atom stereocenters. The Balaban J connectivity index is 1.44. The van der Waals surface area contributed by atoms with Crippen molar-refractivity contribution in [3.8, 4) is 0 Å². The summed E-state index contributed by atoms with van der Waals surface area (Å²) in [6.45, 7) is 2.78. The fourth-order valence-corrected chi connectivity index (χ4v) is 3.10. The van der Waals surface area contributed by atoms with Crippen LogP contribution in [0, 0.1) is 17.8 Å². The lowest BCUT2D eigenvalue weighted by molar-refractivity contribution is -0.124. The number of carbonyl (C=O) groups excluding carboxylic acids is 1. The third kappa shape index (κ3) is 2.14. The lowest BCUT2D eigenvalue weighted by atomic mass is 10.0. The molecular formula is C13H20N2O. The average Bonchev–Trinajstić information content (AvgIpc) is 2.94. The highest BCUT2D eigenvalue weighted by Gasteiger charge is 2.47. The van der Waals surface area contributed by atoms with Crippen molar-refractivity contribution in [2.75, 3.05) is 19.6 Å². The van der Waals surface area contributed by atoms with Gasteiger partial charge in [0.25, 0.3) is 0 Å². The van der Waals surface area contributed by atoms with Crippen molar-refractivity contribution in [3.05, 3.63) is 11.6 Å². The highest BCUT2D eigenvalue weighted by atomic mass is 16.1. The Morgan fingerprint density at radius 2 is 2.19 bits per heavy atom. The second-order valence-electron chi connectivity index (χ2n) is 5.46. The highest BCUT2D eigenvalue weighted by Crippen LogP contribution is 2.54. The molecule has 88 valence electrons. The van der Waals surface area contributed by atoms with Crippen LogP contribution in [0.5, 0.6) is 0 Å². The van der Waals surface area contributed by atoms with Crippen LogP contribution in [0.3, 0.4) is 0 Å². The zero-order valence-electron chi connectivity index (χ0n) is 9.67. The predicted molar refractivity (Wildman–Crippen MR) is 62.9 cm³/mol. The first kappa shape index (κ1) is 10.3. The van der Waals surface area contributed by atoms with Crippen molar-refractivity contribution in [1.29, 1.82) is 0 Å². The molecule has 2 aliphatic carbocycles. The summed E-state index contributed by atoms with van der Waals surface area (Å²) < 4.78 is 0. The zero-order valence-corrected chi connectivity index (χ0v) is 9.67. The molecule has 16 heavy (non-hydrogen) atoms. The molecule has 0 aromatic rings. The summed E-state index contributed by atoms with van der Waals surface area (Å²) >= 11 is 0. The molecule has 2 saturated carbocycles. The smallest absolute Gasteiger partial charge is 0.223 e. The van der Waals surface area contributed by atoms with Gasteiger partial charge in [0.2, 0.25) is 5.91 Å². The lowest BCUT2D eigenvalue weighted by Crippen LogP contribution is -2.33. The predicted octanol–water partition coefficient (Wildman–Crippen LogP) is 1.07. The van der Waals surface area contributed by atoms with Gasteiger partial charge in [-0.25, -0.2) is 0 Å². The highest BCUT2D eigenvalue weighted by molar-refractivity contribution is 5.79. The van der Waals surface area contributed by atoms with E-state index >= 15 is 0 Å². The average molecular weight is 220 g/mol. The van der Waals surface area contributed by atoms with Crippen molar-refractivity contribution in [3.63, 3.8) is 0 Å². The summed E-state index contributed by atoms with van der Waals surface area (Å²) in [5, 5.41) is 6.38. The monoisotopic (exact) mass is 220 g/mol. The van der Waals surface area contributed by atoms with Crippen LogP contribution in [0.4, 0.5) is 0 Å². The van der Waals surface area contributed by atoms with Crippen LogP contribution in [-0.4, -0.2) is 25.5 Å². The summed E-state index contributed by atoms with van der Waals surface area (Å²) in [5.74, 6) is 2.42. The van der Waals surface area contributed by atoms with Gasteiger partial charge in [0.1, 0.15) is 0 Å². The molecule has 0 bridgehead atoms. The van der Waals surface area contributed by atoms with Crippen molar-refractivity contribution < 1.29 is 4.79 Å². The van der Waals surface area contributed by atoms with Crippen LogP contribution >= 0.6 is 0 Å². The Morgan fingerprint density at radius 1 is 1.38 bits per heavy atom. The summed E-state index contributed by atoms with van der Waals surface area (Å²) in [4.78, 5) is 11.9. The molecule has 1 aliphatic heterocycles. The molecule has 3 rings (SSSR count). The van der Waals surface area contributed by atoms with Crippen LogP contribution < -0.4 is 10.6 Å². The van der Waals surface area contributed by atoms with Crippen LogP contribution in [0.1, 0.15) is 25.7 Å². The molecule has 2 fully saturated rings. The van der Waals surface area contributed by atoms with E-state index in [2.05, 4.69) is 16.7 Å². The molecule has 0 aromatic carbocycles. The van der Waals surface area contributed by atoms with Crippen LogP contribution in [0.25, 0.3) is 0 Å². The van der Waals surface area contributed by atoms with Crippen molar-refractivity contribution in [2.24, 2.45) is 17.8 Å². The minimum atomic E-state index is 0.298. The van der Waals surface area contributed by atoms with E-state index < -0.39 is 0 Å². The van der Waals surface area contributed by atoms with Crippen molar-refractivity contribution in [2.45, 2.75) is 25.7 Å². The molecule has 0 spiro atoms. The molecule has 0 saturated heterocycles. The molecule has 1 amide bonds. The molecule has 2 atom stereocenters. The van der Waals surface area contributed by atoms with E-state index in [9.17, 15) is 4.79 Å². The molecule has 0 radical (unpaired) electrons. The topological polar surface area (TPSA) is 41.1 Å². The van der Waals surface area contributed by atoms with Gasteiger partial charge in [-0.1, -0.05) is 11.6 Å². The summed E-state index contributed by atoms with van der Waals surface area (Å²) in [5.41, 5.74) is 1.38. The summed E-state index contributed by atoms with van der Waals surface area (Å²) in [7, 11) is 0. The van der Waals surface area contributed by atoms with Gasteiger partial charge in [0, 0.05) is 19.0 Å². The number of hydrogen-bond acceptors (Lipinski definition) is 2. The summed E-state index contributed by atoms with van der Waals surface area (Å²) in [6.07, 6.45) is 6.97. The quantitative estimate of drug-likeness (QED) is 0.699. The van der Waals surface area contributed by atoms with Gasteiger partial charge in [-0.15, -0.1) is 0 Å². The van der Waals surface area contributed by atoms with Gasteiger partial charge in [-0.3, -0.25) is 4.79 Å². The van der Waals surface area contributed by atoms with Crippen molar-refractivity contribution in [1.82, 2.24) is 10.6 Å². The Hall–Kier alpha value is -0.830. The van der Waals surface area contributed by atoms with Crippen LogP contribution in [0.2, 0.25) is 0 Å². The molecule has 1 heterocycles. The Bertz CT molecular complexity index is 314.